The summed E-state index contributed by atoms with van der Waals surface area (Å²) in [4.78, 5) is 8.22. The molecule has 0 aliphatic carbocycles. The molecule has 0 saturated heterocycles. The molecule has 0 spiro atoms. The van der Waals surface area contributed by atoms with Crippen LogP contribution in [-0.2, 0) is 29.7 Å². The van der Waals surface area contributed by atoms with Gasteiger partial charge >= 0.3 is 7.60 Å². The van der Waals surface area contributed by atoms with E-state index in [0.29, 0.717) is 0 Å². The summed E-state index contributed by atoms with van der Waals surface area (Å²) in [5, 5.41) is 7.58. The molecule has 1 unspecified atom stereocenters. The summed E-state index contributed by atoms with van der Waals surface area (Å²) in [6.07, 6.45) is -0.0660. The molecule has 0 aromatic carbocycles. The predicted molar refractivity (Wildman–Crippen MR) is 24.1 cm³/mol. The summed E-state index contributed by atoms with van der Waals surface area (Å²) in [6.45, 7) is 1.44. The second-order valence-corrected chi connectivity index (χ2v) is 3.11. The minimum Gasteiger partial charge on any atom is -0.323 e. The van der Waals surface area contributed by atoms with Gasteiger partial charge in [0, 0.05) is 26.6 Å². The topological polar surface area (TPSA) is 66.8 Å². The van der Waals surface area contributed by atoms with Crippen LogP contribution in [0, 0.1) is 0 Å². The van der Waals surface area contributed by atoms with Gasteiger partial charge in [-0.2, -0.15) is 4.67 Å². The van der Waals surface area contributed by atoms with Gasteiger partial charge in [-0.15, -0.1) is 0 Å². The van der Waals surface area contributed by atoms with Crippen LogP contribution >= 0.6 is 7.60 Å². The fourth-order valence-corrected chi connectivity index (χ4v) is 0.173. The Morgan fingerprint density at radius 3 is 2.12 bits per heavy atom. The average molecular weight is 312 g/mol. The fraction of sp³-hybridized carbons (Fsp3) is 1.00. The summed E-state index contributed by atoms with van der Waals surface area (Å²) in [5.74, 6) is 0. The maximum atomic E-state index is 10.0. The summed E-state index contributed by atoms with van der Waals surface area (Å²) in [7, 11) is -3.60. The normalized spacial score (nSPS) is 16.4. The van der Waals surface area contributed by atoms with Gasteiger partial charge in [-0.3, -0.25) is 4.57 Å². The zero-order chi connectivity index (χ0) is 5.91. The summed E-state index contributed by atoms with van der Waals surface area (Å²) >= 11 is 0. The van der Waals surface area contributed by atoms with E-state index in [0.717, 1.165) is 0 Å². The second-order valence-electron chi connectivity index (χ2n) is 1.04. The SMILES string of the molecule is CCP(=O)(O)OO.[Re]. The molecule has 0 amide bonds. The van der Waals surface area contributed by atoms with E-state index in [1.807, 2.05) is 0 Å². The van der Waals surface area contributed by atoms with Crippen molar-refractivity contribution >= 4 is 7.60 Å². The van der Waals surface area contributed by atoms with Crippen molar-refractivity contribution in [1.82, 2.24) is 0 Å². The van der Waals surface area contributed by atoms with E-state index in [1.165, 1.54) is 6.92 Å². The summed E-state index contributed by atoms with van der Waals surface area (Å²) < 4.78 is 13.2. The first-order chi connectivity index (χ1) is 3.12. The zero-order valence-corrected chi connectivity index (χ0v) is 7.85. The third-order valence-electron chi connectivity index (χ3n) is 0.527. The fourth-order valence-electron chi connectivity index (χ4n) is 0.0577. The largest absolute Gasteiger partial charge is 0.355 e. The molecule has 0 aliphatic rings. The molecule has 0 aromatic heterocycles. The molecule has 0 aliphatic heterocycles. The minimum absolute atomic E-state index is 0. The molecule has 0 heterocycles. The molecule has 0 bridgehead atoms. The third kappa shape index (κ3) is 4.92. The Morgan fingerprint density at radius 1 is 1.75 bits per heavy atom. The van der Waals surface area contributed by atoms with Crippen LogP contribution in [0.3, 0.4) is 0 Å². The van der Waals surface area contributed by atoms with E-state index in [2.05, 4.69) is 4.67 Å². The van der Waals surface area contributed by atoms with Crippen LogP contribution in [0.15, 0.2) is 0 Å². The van der Waals surface area contributed by atoms with E-state index < -0.39 is 7.60 Å². The molecule has 1 radical (unpaired) electrons. The summed E-state index contributed by atoms with van der Waals surface area (Å²) in [5.41, 5.74) is 0. The minimum atomic E-state index is -3.60. The maximum Gasteiger partial charge on any atom is 0.355 e. The van der Waals surface area contributed by atoms with Gasteiger partial charge in [0.05, 0.1) is 0 Å². The molecule has 0 fully saturated rings. The van der Waals surface area contributed by atoms with Gasteiger partial charge in [0.25, 0.3) is 0 Å². The molecule has 4 nitrogen and oxygen atoms in total. The van der Waals surface area contributed by atoms with Crippen LogP contribution < -0.4 is 0 Å². The van der Waals surface area contributed by atoms with Gasteiger partial charge in [0.2, 0.25) is 0 Å². The Morgan fingerprint density at radius 2 is 2.12 bits per heavy atom. The quantitative estimate of drug-likeness (QED) is 0.447. The van der Waals surface area contributed by atoms with Crippen molar-refractivity contribution in [2.45, 2.75) is 6.92 Å². The number of rotatable bonds is 2. The molecule has 51 valence electrons. The van der Waals surface area contributed by atoms with Crippen LogP contribution in [0.2, 0.25) is 0 Å². The van der Waals surface area contributed by atoms with Crippen molar-refractivity contribution in [3.8, 4) is 0 Å². The molecular weight excluding hydrogens is 305 g/mol. The Balaban J connectivity index is 0. The van der Waals surface area contributed by atoms with Crippen molar-refractivity contribution in [1.29, 1.82) is 0 Å². The Bertz CT molecular complexity index is 86.0. The van der Waals surface area contributed by atoms with Crippen molar-refractivity contribution < 1.29 is 39.8 Å². The molecule has 0 saturated carbocycles. The average Bonchev–Trinajstić information content (AvgIpc) is 1.68. The van der Waals surface area contributed by atoms with E-state index in [9.17, 15) is 4.57 Å². The Hall–Kier alpha value is 0.772. The monoisotopic (exact) mass is 313 g/mol. The second kappa shape index (κ2) is 4.63. The van der Waals surface area contributed by atoms with Gasteiger partial charge in [-0.05, 0) is 0 Å². The van der Waals surface area contributed by atoms with Crippen molar-refractivity contribution in [2.75, 3.05) is 6.16 Å². The summed E-state index contributed by atoms with van der Waals surface area (Å²) in [6, 6.07) is 0. The molecule has 1 atom stereocenters. The van der Waals surface area contributed by atoms with Crippen LogP contribution in [0.4, 0.5) is 0 Å². The molecule has 0 rings (SSSR count). The van der Waals surface area contributed by atoms with E-state index in [4.69, 9.17) is 10.2 Å². The smallest absolute Gasteiger partial charge is 0.323 e. The molecule has 6 heteroatoms. The first kappa shape index (κ1) is 11.6. The van der Waals surface area contributed by atoms with Crippen molar-refractivity contribution in [3.05, 3.63) is 0 Å². The zero-order valence-electron chi connectivity index (χ0n) is 4.24. The van der Waals surface area contributed by atoms with Gasteiger partial charge in [0.1, 0.15) is 0 Å². The predicted octanol–water partition coefficient (Wildman–Crippen LogP) is 0.679. The van der Waals surface area contributed by atoms with Crippen LogP contribution in [0.5, 0.6) is 0 Å². The first-order valence-electron chi connectivity index (χ1n) is 1.77. The van der Waals surface area contributed by atoms with Crippen molar-refractivity contribution in [3.63, 3.8) is 0 Å². The van der Waals surface area contributed by atoms with E-state index >= 15 is 0 Å². The Kier molecular flexibility index (Phi) is 6.69. The van der Waals surface area contributed by atoms with Gasteiger partial charge < -0.3 is 4.89 Å². The van der Waals surface area contributed by atoms with Crippen molar-refractivity contribution in [2.24, 2.45) is 0 Å². The third-order valence-corrected chi connectivity index (χ3v) is 1.58. The standard InChI is InChI=1S/C2H7O4P.Re/c1-2-7(4,5)6-3;/h3H,2H2,1H3,(H,4,5);. The van der Waals surface area contributed by atoms with Crippen LogP contribution in [-0.4, -0.2) is 16.3 Å². The number of hydrogen-bond donors (Lipinski definition) is 2. The maximum absolute atomic E-state index is 10.0. The Labute approximate surface area is 61.0 Å². The molecular formula is C2H7O4PRe. The van der Waals surface area contributed by atoms with Crippen LogP contribution in [0.1, 0.15) is 6.92 Å². The van der Waals surface area contributed by atoms with E-state index in [1.54, 1.807) is 0 Å². The molecule has 2 N–H and O–H groups in total. The van der Waals surface area contributed by atoms with Gasteiger partial charge in [-0.25, -0.2) is 5.26 Å². The number of hydrogen-bond acceptors (Lipinski definition) is 3. The first-order valence-corrected chi connectivity index (χ1v) is 3.53. The van der Waals surface area contributed by atoms with Crippen LogP contribution in [0.25, 0.3) is 0 Å². The molecule has 0 aromatic rings. The van der Waals surface area contributed by atoms with E-state index in [-0.39, 0.29) is 26.6 Å². The van der Waals surface area contributed by atoms with Gasteiger partial charge in [0.15, 0.2) is 0 Å². The molecule has 8 heavy (non-hydrogen) atoms. The van der Waals surface area contributed by atoms with Gasteiger partial charge in [-0.1, -0.05) is 6.92 Å².